The number of carbonyl (C=O) groups excluding carboxylic acids is 1. The fourth-order valence-corrected chi connectivity index (χ4v) is 1.81. The van der Waals surface area contributed by atoms with Crippen LogP contribution in [0.4, 0.5) is 0 Å². The van der Waals surface area contributed by atoms with E-state index in [0.717, 1.165) is 0 Å². The average Bonchev–Trinajstić information content (AvgIpc) is 2.35. The molecule has 1 N–H and O–H groups in total. The van der Waals surface area contributed by atoms with Crippen LogP contribution in [-0.2, 0) is 9.63 Å². The lowest BCUT2D eigenvalue weighted by Gasteiger charge is -2.36. The molecule has 0 radical (unpaired) electrons. The zero-order valence-electron chi connectivity index (χ0n) is 13.1. The number of likely N-dealkylation sites (N-methyl/N-ethyl adjacent to an activating group) is 1. The van der Waals surface area contributed by atoms with Crippen molar-refractivity contribution in [2.24, 2.45) is 17.0 Å². The number of hydrogen-bond acceptors (Lipinski definition) is 5. The normalized spacial score (nSPS) is 17.2. The molecule has 5 heteroatoms. The van der Waals surface area contributed by atoms with Gasteiger partial charge < -0.3 is 9.94 Å². The van der Waals surface area contributed by atoms with Gasteiger partial charge in [0.2, 0.25) is 0 Å². The summed E-state index contributed by atoms with van der Waals surface area (Å²) < 4.78 is 0. The highest BCUT2D eigenvalue weighted by Crippen LogP contribution is 2.17. The Morgan fingerprint density at radius 2 is 1.79 bits per heavy atom. The van der Waals surface area contributed by atoms with Crippen LogP contribution in [0, 0.1) is 11.8 Å². The first-order chi connectivity index (χ1) is 8.73. The maximum absolute atomic E-state index is 12.3. The second kappa shape index (κ2) is 8.27. The van der Waals surface area contributed by atoms with Crippen LogP contribution in [0.15, 0.2) is 5.16 Å². The molecule has 0 aromatic rings. The summed E-state index contributed by atoms with van der Waals surface area (Å²) in [6.45, 7) is 9.53. The molecule has 19 heavy (non-hydrogen) atoms. The Hall–Kier alpha value is -0.940. The summed E-state index contributed by atoms with van der Waals surface area (Å²) in [7, 11) is 3.31. The number of carbonyl (C=O) groups is 1. The largest absolute Gasteiger partial charge is 0.399 e. The van der Waals surface area contributed by atoms with Crippen molar-refractivity contribution in [1.82, 2.24) is 4.90 Å². The van der Waals surface area contributed by atoms with Crippen LogP contribution in [0.5, 0.6) is 0 Å². The van der Waals surface area contributed by atoms with Crippen LogP contribution in [-0.4, -0.2) is 54.3 Å². The highest BCUT2D eigenvalue weighted by Gasteiger charge is 2.35. The van der Waals surface area contributed by atoms with Crippen LogP contribution in [0.1, 0.15) is 34.6 Å². The van der Waals surface area contributed by atoms with Crippen molar-refractivity contribution in [2.45, 2.75) is 52.8 Å². The van der Waals surface area contributed by atoms with E-state index in [2.05, 4.69) is 9.99 Å². The van der Waals surface area contributed by atoms with Crippen LogP contribution in [0.3, 0.4) is 0 Å². The van der Waals surface area contributed by atoms with E-state index in [1.807, 2.05) is 46.6 Å². The third-order valence-electron chi connectivity index (χ3n) is 3.38. The van der Waals surface area contributed by atoms with Gasteiger partial charge in [-0.2, -0.15) is 0 Å². The number of Topliss-reactive ketones (excluding diaryl/α,β-unsaturated/α-hetero) is 1. The standard InChI is InChI=1S/C14H28N2O3/c1-9(2)13(17)12(16(6)10(3)4)14(18)11(5)8-15-19-7/h8-12,14,18H,1-7H3/b15-8+/t11-,12-,14-/m1/s1. The lowest BCUT2D eigenvalue weighted by molar-refractivity contribution is -0.132. The van der Waals surface area contributed by atoms with Crippen molar-refractivity contribution in [3.63, 3.8) is 0 Å². The van der Waals surface area contributed by atoms with Gasteiger partial charge >= 0.3 is 0 Å². The van der Waals surface area contributed by atoms with Gasteiger partial charge in [0.25, 0.3) is 0 Å². The molecule has 0 unspecified atom stereocenters. The minimum absolute atomic E-state index is 0.0429. The summed E-state index contributed by atoms with van der Waals surface area (Å²) in [5.74, 6) is -0.331. The molecular formula is C14H28N2O3. The first-order valence-corrected chi connectivity index (χ1v) is 6.74. The zero-order chi connectivity index (χ0) is 15.2. The van der Waals surface area contributed by atoms with Gasteiger partial charge in [0.1, 0.15) is 7.11 Å². The number of aliphatic hydroxyl groups excluding tert-OH is 1. The maximum Gasteiger partial charge on any atom is 0.155 e. The Balaban J connectivity index is 5.12. The number of hydrogen-bond donors (Lipinski definition) is 1. The van der Waals surface area contributed by atoms with E-state index < -0.39 is 12.1 Å². The van der Waals surface area contributed by atoms with Gasteiger partial charge in [-0.15, -0.1) is 0 Å². The van der Waals surface area contributed by atoms with Gasteiger partial charge in [0.15, 0.2) is 5.78 Å². The van der Waals surface area contributed by atoms with E-state index in [1.165, 1.54) is 13.3 Å². The highest BCUT2D eigenvalue weighted by molar-refractivity contribution is 5.86. The smallest absolute Gasteiger partial charge is 0.155 e. The van der Waals surface area contributed by atoms with Gasteiger partial charge in [-0.25, -0.2) is 0 Å². The predicted octanol–water partition coefficient (Wildman–Crippen LogP) is 1.55. The van der Waals surface area contributed by atoms with Crippen molar-refractivity contribution in [1.29, 1.82) is 0 Å². The summed E-state index contributed by atoms with van der Waals surface area (Å²) >= 11 is 0. The molecule has 0 heterocycles. The first-order valence-electron chi connectivity index (χ1n) is 6.74. The molecule has 0 fully saturated rings. The Kier molecular flexibility index (Phi) is 7.87. The molecular weight excluding hydrogens is 244 g/mol. The van der Waals surface area contributed by atoms with Crippen molar-refractivity contribution < 1.29 is 14.7 Å². The Morgan fingerprint density at radius 1 is 1.26 bits per heavy atom. The molecule has 0 rings (SSSR count). The van der Waals surface area contributed by atoms with Crippen LogP contribution in [0.25, 0.3) is 0 Å². The summed E-state index contributed by atoms with van der Waals surface area (Å²) in [6.07, 6.45) is 0.723. The van der Waals surface area contributed by atoms with Crippen LogP contribution < -0.4 is 0 Å². The fourth-order valence-electron chi connectivity index (χ4n) is 1.81. The second-order valence-corrected chi connectivity index (χ2v) is 5.55. The number of ketones is 1. The summed E-state index contributed by atoms with van der Waals surface area (Å²) in [6, 6.07) is -0.354. The van der Waals surface area contributed by atoms with E-state index in [1.54, 1.807) is 0 Å². The van der Waals surface area contributed by atoms with Gasteiger partial charge in [0, 0.05) is 24.1 Å². The molecule has 3 atom stereocenters. The summed E-state index contributed by atoms with van der Waals surface area (Å²) in [5.41, 5.74) is 0. The maximum atomic E-state index is 12.3. The number of aliphatic hydroxyl groups is 1. The molecule has 5 nitrogen and oxygen atoms in total. The van der Waals surface area contributed by atoms with Crippen molar-refractivity contribution >= 4 is 12.0 Å². The Morgan fingerprint density at radius 3 is 2.16 bits per heavy atom. The average molecular weight is 272 g/mol. The molecule has 0 aliphatic rings. The quantitative estimate of drug-likeness (QED) is 0.538. The molecule has 0 amide bonds. The van der Waals surface area contributed by atoms with E-state index in [0.29, 0.717) is 0 Å². The predicted molar refractivity (Wildman–Crippen MR) is 77.2 cm³/mol. The molecule has 0 aromatic heterocycles. The molecule has 0 spiro atoms. The highest BCUT2D eigenvalue weighted by atomic mass is 16.6. The van der Waals surface area contributed by atoms with Crippen molar-refractivity contribution in [3.05, 3.63) is 0 Å². The van der Waals surface area contributed by atoms with E-state index in [-0.39, 0.29) is 23.7 Å². The molecule has 0 saturated carbocycles. The van der Waals surface area contributed by atoms with Crippen molar-refractivity contribution in [2.75, 3.05) is 14.2 Å². The Labute approximate surface area is 116 Å². The van der Waals surface area contributed by atoms with Gasteiger partial charge in [-0.1, -0.05) is 25.9 Å². The summed E-state index contributed by atoms with van der Waals surface area (Å²) in [4.78, 5) is 18.9. The molecule has 0 saturated heterocycles. The molecule has 0 aromatic carbocycles. The van der Waals surface area contributed by atoms with Crippen molar-refractivity contribution in [3.8, 4) is 0 Å². The lowest BCUT2D eigenvalue weighted by Crippen LogP contribution is -2.53. The SMILES string of the molecule is CO/N=C/[C@@H](C)[C@@H](O)[C@@H](C(=O)C(C)C)N(C)C(C)C. The third-order valence-corrected chi connectivity index (χ3v) is 3.38. The monoisotopic (exact) mass is 272 g/mol. The molecule has 112 valence electrons. The Bertz CT molecular complexity index is 303. The van der Waals surface area contributed by atoms with E-state index in [4.69, 9.17) is 0 Å². The number of rotatable bonds is 8. The van der Waals surface area contributed by atoms with E-state index >= 15 is 0 Å². The minimum Gasteiger partial charge on any atom is -0.399 e. The minimum atomic E-state index is -0.804. The number of nitrogens with zero attached hydrogens (tertiary/aromatic N) is 2. The topological polar surface area (TPSA) is 62.1 Å². The lowest BCUT2D eigenvalue weighted by atomic mass is 9.89. The first kappa shape index (κ1) is 18.1. The zero-order valence-corrected chi connectivity index (χ0v) is 13.1. The van der Waals surface area contributed by atoms with E-state index in [9.17, 15) is 9.90 Å². The van der Waals surface area contributed by atoms with Crippen LogP contribution in [0.2, 0.25) is 0 Å². The van der Waals surface area contributed by atoms with Gasteiger partial charge in [0.05, 0.1) is 12.1 Å². The van der Waals surface area contributed by atoms with Crippen LogP contribution >= 0.6 is 0 Å². The fraction of sp³-hybridized carbons (Fsp3) is 0.857. The summed E-state index contributed by atoms with van der Waals surface area (Å²) in [5, 5.41) is 14.1. The number of oxime groups is 1. The molecule has 0 aliphatic heterocycles. The van der Waals surface area contributed by atoms with Gasteiger partial charge in [-0.3, -0.25) is 9.69 Å². The second-order valence-electron chi connectivity index (χ2n) is 5.55. The molecule has 0 aliphatic carbocycles. The third kappa shape index (κ3) is 5.28. The van der Waals surface area contributed by atoms with Gasteiger partial charge in [-0.05, 0) is 20.9 Å². The molecule has 0 bridgehead atoms.